The maximum atomic E-state index is 11.9. The van der Waals surface area contributed by atoms with Crippen LogP contribution in [0.1, 0.15) is 5.56 Å². The molecule has 0 fully saturated rings. The Balaban J connectivity index is 2.50. The lowest BCUT2D eigenvalue weighted by molar-refractivity contribution is -0.139. The number of amides is 1. The van der Waals surface area contributed by atoms with Crippen molar-refractivity contribution in [2.24, 2.45) is 5.73 Å². The van der Waals surface area contributed by atoms with Gasteiger partial charge in [0.05, 0.1) is 0 Å². The molecular weight excluding hydrogens is 285 g/mol. The molecule has 0 aliphatic heterocycles. The van der Waals surface area contributed by atoms with Crippen molar-refractivity contribution in [3.8, 4) is 5.75 Å². The number of carbonyl (C=O) groups excluding carboxylic acids is 1. The largest absolute Gasteiger partial charge is 0.483 e. The molecule has 0 radical (unpaired) electrons. The first-order chi connectivity index (χ1) is 8.81. The smallest absolute Gasteiger partial charge is 0.405 e. The Morgan fingerprint density at radius 3 is 2.68 bits per heavy atom. The second kappa shape index (κ2) is 6.63. The van der Waals surface area contributed by atoms with Crippen LogP contribution in [0.4, 0.5) is 13.2 Å². The lowest BCUT2D eigenvalue weighted by Crippen LogP contribution is -2.36. The zero-order valence-electron chi connectivity index (χ0n) is 9.76. The predicted octanol–water partition coefficient (Wildman–Crippen LogP) is 1.86. The fourth-order valence-corrected chi connectivity index (χ4v) is 1.44. The number of benzene rings is 1. The first kappa shape index (κ1) is 15.6. The minimum atomic E-state index is -4.45. The Morgan fingerprint density at radius 2 is 2.11 bits per heavy atom. The van der Waals surface area contributed by atoms with Gasteiger partial charge in [-0.2, -0.15) is 13.2 Å². The second-order valence-electron chi connectivity index (χ2n) is 3.64. The third-order valence-corrected chi connectivity index (χ3v) is 2.32. The van der Waals surface area contributed by atoms with E-state index in [0.29, 0.717) is 16.3 Å². The van der Waals surface area contributed by atoms with E-state index in [2.05, 4.69) is 0 Å². The van der Waals surface area contributed by atoms with Crippen molar-refractivity contribution in [1.29, 1.82) is 0 Å². The first-order valence-electron chi connectivity index (χ1n) is 5.26. The molecule has 0 aliphatic carbocycles. The van der Waals surface area contributed by atoms with Crippen molar-refractivity contribution in [3.63, 3.8) is 0 Å². The molecule has 106 valence electrons. The van der Waals surface area contributed by atoms with Crippen LogP contribution in [0.3, 0.4) is 0 Å². The average Bonchev–Trinajstić information content (AvgIpc) is 2.33. The maximum Gasteiger partial charge on any atom is 0.405 e. The molecule has 3 N–H and O–H groups in total. The van der Waals surface area contributed by atoms with Crippen LogP contribution in [0.15, 0.2) is 18.2 Å². The molecule has 19 heavy (non-hydrogen) atoms. The summed E-state index contributed by atoms with van der Waals surface area (Å²) in [5.74, 6) is -0.552. The minimum Gasteiger partial charge on any atom is -0.483 e. The molecule has 0 aromatic heterocycles. The van der Waals surface area contributed by atoms with E-state index in [1.807, 2.05) is 0 Å². The van der Waals surface area contributed by atoms with Gasteiger partial charge in [0.2, 0.25) is 0 Å². The Bertz CT molecular complexity index is 452. The zero-order valence-corrected chi connectivity index (χ0v) is 10.5. The van der Waals surface area contributed by atoms with Gasteiger partial charge in [-0.15, -0.1) is 0 Å². The molecule has 0 bridgehead atoms. The lowest BCUT2D eigenvalue weighted by Gasteiger charge is -2.11. The standard InChI is InChI=1S/C11H12ClF3N2O2/c12-8-1-2-9(7(3-8)4-16)19-5-10(18)17-6-11(13,14)15/h1-3H,4-6,16H2,(H,17,18). The molecule has 0 heterocycles. The molecule has 1 aromatic carbocycles. The van der Waals surface area contributed by atoms with E-state index in [4.69, 9.17) is 22.1 Å². The normalized spacial score (nSPS) is 11.2. The van der Waals surface area contributed by atoms with Gasteiger partial charge in [0.15, 0.2) is 6.61 Å². The topological polar surface area (TPSA) is 64.3 Å². The number of alkyl halides is 3. The Morgan fingerprint density at radius 1 is 1.42 bits per heavy atom. The number of rotatable bonds is 5. The molecule has 0 unspecified atom stereocenters. The molecule has 1 amide bonds. The van der Waals surface area contributed by atoms with E-state index in [1.165, 1.54) is 12.1 Å². The number of hydrogen-bond acceptors (Lipinski definition) is 3. The van der Waals surface area contributed by atoms with Gasteiger partial charge in [-0.05, 0) is 18.2 Å². The summed E-state index contributed by atoms with van der Waals surface area (Å²) in [7, 11) is 0. The van der Waals surface area contributed by atoms with Gasteiger partial charge in [0.1, 0.15) is 12.3 Å². The molecule has 0 spiro atoms. The summed E-state index contributed by atoms with van der Waals surface area (Å²) < 4.78 is 40.7. The van der Waals surface area contributed by atoms with Crippen LogP contribution in [0, 0.1) is 0 Å². The van der Waals surface area contributed by atoms with Crippen molar-refractivity contribution >= 4 is 17.5 Å². The van der Waals surface area contributed by atoms with E-state index in [-0.39, 0.29) is 6.54 Å². The molecule has 8 heteroatoms. The van der Waals surface area contributed by atoms with Gasteiger partial charge in [-0.1, -0.05) is 11.6 Å². The number of carbonyl (C=O) groups is 1. The summed E-state index contributed by atoms with van der Waals surface area (Å²) in [6.07, 6.45) is -4.45. The van der Waals surface area contributed by atoms with E-state index >= 15 is 0 Å². The number of nitrogens with two attached hydrogens (primary N) is 1. The third kappa shape index (κ3) is 5.80. The highest BCUT2D eigenvalue weighted by Crippen LogP contribution is 2.22. The van der Waals surface area contributed by atoms with Gasteiger partial charge in [-0.3, -0.25) is 4.79 Å². The van der Waals surface area contributed by atoms with Crippen LogP contribution in [-0.4, -0.2) is 25.2 Å². The molecule has 0 saturated carbocycles. The van der Waals surface area contributed by atoms with Crippen LogP contribution in [0.25, 0.3) is 0 Å². The highest BCUT2D eigenvalue weighted by molar-refractivity contribution is 6.30. The summed E-state index contributed by atoms with van der Waals surface area (Å²) >= 11 is 5.74. The lowest BCUT2D eigenvalue weighted by atomic mass is 10.2. The van der Waals surface area contributed by atoms with Gasteiger partial charge in [0.25, 0.3) is 5.91 Å². The van der Waals surface area contributed by atoms with E-state index in [0.717, 1.165) is 0 Å². The molecule has 1 rings (SSSR count). The second-order valence-corrected chi connectivity index (χ2v) is 4.07. The van der Waals surface area contributed by atoms with E-state index in [9.17, 15) is 18.0 Å². The Hall–Kier alpha value is -1.47. The molecule has 0 aliphatic rings. The summed E-state index contributed by atoms with van der Waals surface area (Å²) in [5, 5.41) is 2.15. The Labute approximate surface area is 112 Å². The predicted molar refractivity (Wildman–Crippen MR) is 63.9 cm³/mol. The molecule has 0 atom stereocenters. The SMILES string of the molecule is NCc1cc(Cl)ccc1OCC(=O)NCC(F)(F)F. The van der Waals surface area contributed by atoms with Gasteiger partial charge in [0, 0.05) is 17.1 Å². The van der Waals surface area contributed by atoms with Gasteiger partial charge < -0.3 is 15.8 Å². The quantitative estimate of drug-likeness (QED) is 0.871. The first-order valence-corrected chi connectivity index (χ1v) is 5.64. The minimum absolute atomic E-state index is 0.139. The molecule has 4 nitrogen and oxygen atoms in total. The van der Waals surface area contributed by atoms with Gasteiger partial charge >= 0.3 is 6.18 Å². The molecule has 0 saturated heterocycles. The van der Waals surface area contributed by atoms with Crippen LogP contribution in [-0.2, 0) is 11.3 Å². The summed E-state index contributed by atoms with van der Waals surface area (Å²) in [4.78, 5) is 11.1. The zero-order chi connectivity index (χ0) is 14.5. The number of ether oxygens (including phenoxy) is 1. The average molecular weight is 297 g/mol. The Kier molecular flexibility index (Phi) is 5.44. The van der Waals surface area contributed by atoms with Gasteiger partial charge in [-0.25, -0.2) is 0 Å². The van der Waals surface area contributed by atoms with Crippen LogP contribution < -0.4 is 15.8 Å². The molecular formula is C11H12ClF3N2O2. The highest BCUT2D eigenvalue weighted by atomic mass is 35.5. The van der Waals surface area contributed by atoms with E-state index in [1.54, 1.807) is 11.4 Å². The maximum absolute atomic E-state index is 11.9. The van der Waals surface area contributed by atoms with Crippen molar-refractivity contribution in [2.75, 3.05) is 13.2 Å². The van der Waals surface area contributed by atoms with Crippen LogP contribution in [0.5, 0.6) is 5.75 Å². The number of hydrogen-bond donors (Lipinski definition) is 2. The number of halogens is 4. The van der Waals surface area contributed by atoms with Crippen molar-refractivity contribution < 1.29 is 22.7 Å². The van der Waals surface area contributed by atoms with Crippen LogP contribution >= 0.6 is 11.6 Å². The van der Waals surface area contributed by atoms with Crippen LogP contribution in [0.2, 0.25) is 5.02 Å². The summed E-state index contributed by atoms with van der Waals surface area (Å²) in [6, 6.07) is 4.59. The van der Waals surface area contributed by atoms with Crippen molar-refractivity contribution in [1.82, 2.24) is 5.32 Å². The summed E-state index contributed by atoms with van der Waals surface area (Å²) in [5.41, 5.74) is 6.02. The molecule has 1 aromatic rings. The fraction of sp³-hybridized carbons (Fsp3) is 0.364. The van der Waals surface area contributed by atoms with Crippen molar-refractivity contribution in [2.45, 2.75) is 12.7 Å². The van der Waals surface area contributed by atoms with Crippen molar-refractivity contribution in [3.05, 3.63) is 28.8 Å². The number of nitrogens with one attached hydrogen (secondary N) is 1. The highest BCUT2D eigenvalue weighted by Gasteiger charge is 2.27. The third-order valence-electron chi connectivity index (χ3n) is 2.09. The summed E-state index contributed by atoms with van der Waals surface area (Å²) in [6.45, 7) is -1.77. The fourth-order valence-electron chi connectivity index (χ4n) is 1.24. The van der Waals surface area contributed by atoms with E-state index < -0.39 is 25.2 Å². The monoisotopic (exact) mass is 296 g/mol.